The Balaban J connectivity index is 0.000000271. The maximum absolute atomic E-state index is 13.8. The molecule has 0 amide bonds. The lowest BCUT2D eigenvalue weighted by molar-refractivity contribution is -0.291. The monoisotopic (exact) mass is 938 g/mol. The predicted molar refractivity (Wildman–Crippen MR) is 189 cm³/mol. The van der Waals surface area contributed by atoms with Crippen LogP contribution < -0.4 is 0 Å². The summed E-state index contributed by atoms with van der Waals surface area (Å²) in [6.07, 6.45) is -6.03. The van der Waals surface area contributed by atoms with Gasteiger partial charge < -0.3 is 9.47 Å². The number of nitrogens with zero attached hydrogens (tertiary/aromatic N) is 10. The number of hydrogen-bond acceptors (Lipinski definition) is 13. The third-order valence-corrected chi connectivity index (χ3v) is 9.75. The van der Waals surface area contributed by atoms with E-state index in [9.17, 15) is 63.1 Å². The molecule has 30 heteroatoms. The highest BCUT2D eigenvalue weighted by Crippen LogP contribution is 2.46. The van der Waals surface area contributed by atoms with E-state index in [1.54, 1.807) is 6.07 Å². The average Bonchev–Trinajstić information content (AvgIpc) is 4.01. The van der Waals surface area contributed by atoms with Crippen molar-refractivity contribution in [2.24, 2.45) is 19.2 Å². The van der Waals surface area contributed by atoms with Gasteiger partial charge >= 0.3 is 36.1 Å². The van der Waals surface area contributed by atoms with Crippen LogP contribution in [0.25, 0.3) is 26.8 Å². The first-order valence-electron chi connectivity index (χ1n) is 14.9. The molecule has 0 aromatic carbocycles. The number of rotatable bonds is 9. The molecule has 5 heterocycles. The van der Waals surface area contributed by atoms with Gasteiger partial charge in [-0.2, -0.15) is 54.1 Å². The molecule has 0 aliphatic carbocycles. The van der Waals surface area contributed by atoms with E-state index in [1.807, 2.05) is 0 Å². The van der Waals surface area contributed by atoms with Gasteiger partial charge in [-0.15, -0.1) is 34.2 Å². The number of esters is 2. The van der Waals surface area contributed by atoms with Crippen molar-refractivity contribution in [1.82, 2.24) is 34.6 Å². The fourth-order valence-electron chi connectivity index (χ4n) is 4.36. The normalized spacial score (nSPS) is 11.6. The van der Waals surface area contributed by atoms with Gasteiger partial charge in [0.1, 0.15) is 20.2 Å². The van der Waals surface area contributed by atoms with Gasteiger partial charge in [0.25, 0.3) is 0 Å². The molecule has 0 saturated heterocycles. The van der Waals surface area contributed by atoms with Crippen molar-refractivity contribution >= 4 is 76.2 Å². The average molecular weight is 940 g/mol. The van der Waals surface area contributed by atoms with E-state index in [-0.39, 0.29) is 28.2 Å². The Bertz CT molecular complexity index is 2530. The molecular formula is C30H18Cl2F10N10O6S2. The minimum absolute atomic E-state index is 0.0509. The third-order valence-electron chi connectivity index (χ3n) is 7.08. The van der Waals surface area contributed by atoms with E-state index in [0.717, 1.165) is 43.4 Å². The van der Waals surface area contributed by atoms with Gasteiger partial charge in [0.05, 0.1) is 52.4 Å². The van der Waals surface area contributed by atoms with E-state index in [1.165, 1.54) is 24.5 Å². The van der Waals surface area contributed by atoms with Crippen LogP contribution in [-0.2, 0) is 35.4 Å². The first-order valence-corrected chi connectivity index (χ1v) is 17.3. The summed E-state index contributed by atoms with van der Waals surface area (Å²) in [6, 6.07) is 2.89. The van der Waals surface area contributed by atoms with Crippen molar-refractivity contribution in [3.8, 4) is 28.7 Å². The SMILES string of the molecule is C#Cc1cc(C(=O)OC)c(Cl)s1.COC(=O)c1cc(-c2cn(-c3c(C=O)c(C(F)(F)C(F)(F)F)nn3C)nn2)sc1Cl.Cn1nc(C(F)(F)C(F)(F)F)c(C=O)c1N=[N+]=[N-]. The third kappa shape index (κ3) is 9.71. The van der Waals surface area contributed by atoms with Crippen molar-refractivity contribution < 1.29 is 72.6 Å². The molecule has 0 aliphatic heterocycles. The molecule has 0 atom stereocenters. The minimum Gasteiger partial charge on any atom is -0.465 e. The number of carbonyl (C=O) groups excluding carboxylic acids is 4. The summed E-state index contributed by atoms with van der Waals surface area (Å²) in [6.45, 7) is 0. The van der Waals surface area contributed by atoms with Crippen LogP contribution in [0.3, 0.4) is 0 Å². The Hall–Kier alpha value is -6.01. The van der Waals surface area contributed by atoms with E-state index in [0.29, 0.717) is 29.0 Å². The first kappa shape index (κ1) is 48.4. The Morgan fingerprint density at radius 3 is 1.78 bits per heavy atom. The summed E-state index contributed by atoms with van der Waals surface area (Å²) < 4.78 is 140. The van der Waals surface area contributed by atoms with E-state index in [2.05, 4.69) is 45.9 Å². The van der Waals surface area contributed by atoms with Crippen molar-refractivity contribution in [3.05, 3.63) is 76.0 Å². The highest BCUT2D eigenvalue weighted by Gasteiger charge is 2.63. The molecule has 0 fully saturated rings. The number of carbonyl (C=O) groups is 4. The van der Waals surface area contributed by atoms with E-state index < -0.39 is 70.3 Å². The lowest BCUT2D eigenvalue weighted by atomic mass is 10.1. The molecular weight excluding hydrogens is 921 g/mol. The smallest absolute Gasteiger partial charge is 0.459 e. The Morgan fingerprint density at radius 2 is 1.33 bits per heavy atom. The summed E-state index contributed by atoms with van der Waals surface area (Å²) in [5.74, 6) is -10.6. The Kier molecular flexibility index (Phi) is 14.9. The molecule has 320 valence electrons. The molecule has 5 aromatic heterocycles. The fourth-order valence-corrected chi connectivity index (χ4v) is 6.62. The largest absolute Gasteiger partial charge is 0.465 e. The van der Waals surface area contributed by atoms with Gasteiger partial charge in [-0.1, -0.05) is 34.3 Å². The van der Waals surface area contributed by atoms with Crippen LogP contribution in [-0.4, -0.2) is 85.6 Å². The van der Waals surface area contributed by atoms with Crippen LogP contribution in [0, 0.1) is 12.3 Å². The maximum Gasteiger partial charge on any atom is 0.459 e. The second-order valence-electron chi connectivity index (χ2n) is 10.8. The number of azide groups is 1. The Morgan fingerprint density at radius 1 is 0.850 bits per heavy atom. The van der Waals surface area contributed by atoms with Gasteiger partial charge in [0.2, 0.25) is 0 Å². The second kappa shape index (κ2) is 18.5. The van der Waals surface area contributed by atoms with Crippen LogP contribution >= 0.6 is 45.9 Å². The van der Waals surface area contributed by atoms with Gasteiger partial charge in [0.15, 0.2) is 29.8 Å². The summed E-state index contributed by atoms with van der Waals surface area (Å²) in [7, 11) is 4.49. The molecule has 0 radical (unpaired) electrons. The fraction of sp³-hybridized carbons (Fsp3) is 0.267. The number of terminal acetylenes is 1. The van der Waals surface area contributed by atoms with Crippen molar-refractivity contribution in [2.75, 3.05) is 14.2 Å². The zero-order valence-electron chi connectivity index (χ0n) is 29.7. The maximum atomic E-state index is 13.8. The minimum atomic E-state index is -5.96. The van der Waals surface area contributed by atoms with Crippen LogP contribution in [0.5, 0.6) is 0 Å². The molecule has 0 saturated carbocycles. The molecule has 0 bridgehead atoms. The second-order valence-corrected chi connectivity index (χ2v) is 14.1. The number of hydrogen-bond donors (Lipinski definition) is 0. The van der Waals surface area contributed by atoms with Crippen molar-refractivity contribution in [1.29, 1.82) is 0 Å². The van der Waals surface area contributed by atoms with E-state index >= 15 is 0 Å². The van der Waals surface area contributed by atoms with Crippen LogP contribution in [0.1, 0.15) is 57.7 Å². The number of aldehydes is 2. The van der Waals surface area contributed by atoms with Gasteiger partial charge in [-0.25, -0.2) is 19.0 Å². The van der Waals surface area contributed by atoms with Crippen LogP contribution in [0.15, 0.2) is 23.4 Å². The van der Waals surface area contributed by atoms with Gasteiger partial charge in [0, 0.05) is 19.0 Å². The molecule has 5 rings (SSSR count). The van der Waals surface area contributed by atoms with Crippen LogP contribution in [0.4, 0.5) is 49.7 Å². The quantitative estimate of drug-likeness (QED) is 0.0262. The zero-order chi connectivity index (χ0) is 45.7. The predicted octanol–water partition coefficient (Wildman–Crippen LogP) is 8.63. The molecule has 0 aliphatic rings. The number of ether oxygens (including phenoxy) is 2. The molecule has 0 unspecified atom stereocenters. The summed E-state index contributed by atoms with van der Waals surface area (Å²) in [5, 5.41) is 16.4. The summed E-state index contributed by atoms with van der Waals surface area (Å²) in [4.78, 5) is 47.8. The van der Waals surface area contributed by atoms with Crippen LogP contribution in [0.2, 0.25) is 8.67 Å². The number of thiophene rings is 2. The first-order chi connectivity index (χ1) is 27.8. The number of alkyl halides is 10. The molecule has 16 nitrogen and oxygen atoms in total. The lowest BCUT2D eigenvalue weighted by Crippen LogP contribution is -2.35. The molecule has 5 aromatic rings. The van der Waals surface area contributed by atoms with Gasteiger partial charge in [-0.3, -0.25) is 14.3 Å². The van der Waals surface area contributed by atoms with E-state index in [4.69, 9.17) is 35.2 Å². The topological polar surface area (TPSA) is 202 Å². The lowest BCUT2D eigenvalue weighted by Gasteiger charge is -2.17. The number of halogens is 12. The van der Waals surface area contributed by atoms with Crippen molar-refractivity contribution in [2.45, 2.75) is 24.2 Å². The number of aromatic nitrogens is 7. The molecule has 0 N–H and O–H groups in total. The zero-order valence-corrected chi connectivity index (χ0v) is 32.9. The molecule has 60 heavy (non-hydrogen) atoms. The summed E-state index contributed by atoms with van der Waals surface area (Å²) >= 11 is 13.8. The summed E-state index contributed by atoms with van der Waals surface area (Å²) in [5.41, 5.74) is 2.96. The number of methoxy groups -OCH3 is 2. The highest BCUT2D eigenvalue weighted by molar-refractivity contribution is 7.19. The standard InChI is InChI=1S/C15H9ClF5N5O3S.C8H5ClO2S.C7H4F5N5O/c1-25-12(7(5-27)10(23-25)14(17,18)15(19,20)21)26-4-8(22-24-26)9-3-6(11(16)30-9)13(28)29-2;1-3-5-4-6(7(9)12-5)8(10)11-2;1-17-5(14-16-13)3(2-18)4(15-17)6(8,9)7(10,11)12/h3-5H,1-2H3;1,4H,2H3;2H,1H3. The van der Waals surface area contributed by atoms with Crippen molar-refractivity contribution in [3.63, 3.8) is 0 Å². The van der Waals surface area contributed by atoms with Gasteiger partial charge in [-0.05, 0) is 22.8 Å². The Labute approximate surface area is 344 Å². The molecule has 0 spiro atoms. The highest BCUT2D eigenvalue weighted by atomic mass is 35.5. The number of aryl methyl sites for hydroxylation is 2.